The molecule has 1 fully saturated rings. The van der Waals surface area contributed by atoms with Crippen LogP contribution in [0, 0.1) is 35.5 Å². The highest BCUT2D eigenvalue weighted by Gasteiger charge is 2.62. The molecule has 0 aliphatic heterocycles. The van der Waals surface area contributed by atoms with Crippen LogP contribution in [0.1, 0.15) is 0 Å². The van der Waals surface area contributed by atoms with Gasteiger partial charge in [0.2, 0.25) is 0 Å². The summed E-state index contributed by atoms with van der Waals surface area (Å²) in [6, 6.07) is 0. The molecule has 2 bridgehead atoms. The second-order valence-corrected chi connectivity index (χ2v) is 5.74. The van der Waals surface area contributed by atoms with E-state index in [4.69, 9.17) is 18.9 Å². The molecule has 0 spiro atoms. The van der Waals surface area contributed by atoms with Gasteiger partial charge < -0.3 is 18.9 Å². The number of rotatable bonds is 4. The molecule has 0 aromatic heterocycles. The first-order valence-corrected chi connectivity index (χ1v) is 7.42. The lowest BCUT2D eigenvalue weighted by Gasteiger charge is -2.48. The number of esters is 4. The molecular formula is C16H20O8. The molecule has 6 atom stereocenters. The van der Waals surface area contributed by atoms with Crippen LogP contribution in [0.4, 0.5) is 0 Å². The largest absolute Gasteiger partial charge is 0.469 e. The molecule has 0 heterocycles. The third-order valence-corrected chi connectivity index (χ3v) is 4.88. The van der Waals surface area contributed by atoms with Gasteiger partial charge in [-0.05, 0) is 0 Å². The number of hydrogen-bond acceptors (Lipinski definition) is 8. The minimum Gasteiger partial charge on any atom is -0.469 e. The van der Waals surface area contributed by atoms with Crippen LogP contribution in [0.3, 0.4) is 0 Å². The van der Waals surface area contributed by atoms with Crippen LogP contribution in [0.25, 0.3) is 0 Å². The van der Waals surface area contributed by atoms with Gasteiger partial charge in [0.1, 0.15) is 0 Å². The maximum Gasteiger partial charge on any atom is 0.310 e. The van der Waals surface area contributed by atoms with Crippen LogP contribution in [-0.2, 0) is 38.1 Å². The Morgan fingerprint density at radius 3 is 0.917 bits per heavy atom. The van der Waals surface area contributed by atoms with E-state index in [1.54, 1.807) is 12.2 Å². The Hall–Kier alpha value is -2.38. The normalized spacial score (nSPS) is 33.5. The van der Waals surface area contributed by atoms with Gasteiger partial charge in [-0.2, -0.15) is 0 Å². The highest BCUT2D eigenvalue weighted by molar-refractivity contribution is 5.90. The zero-order valence-electron chi connectivity index (χ0n) is 13.9. The Labute approximate surface area is 139 Å². The van der Waals surface area contributed by atoms with Crippen LogP contribution >= 0.6 is 0 Å². The lowest BCUT2D eigenvalue weighted by molar-refractivity contribution is -0.182. The minimum absolute atomic E-state index is 0.637. The fraction of sp³-hybridized carbons (Fsp3) is 0.625. The van der Waals surface area contributed by atoms with Gasteiger partial charge in [-0.25, -0.2) is 0 Å². The summed E-state index contributed by atoms with van der Waals surface area (Å²) in [4.78, 5) is 49.0. The van der Waals surface area contributed by atoms with Crippen LogP contribution in [0.5, 0.6) is 0 Å². The van der Waals surface area contributed by atoms with Crippen LogP contribution < -0.4 is 0 Å². The van der Waals surface area contributed by atoms with Crippen LogP contribution in [0.15, 0.2) is 12.2 Å². The molecule has 2 unspecified atom stereocenters. The van der Waals surface area contributed by atoms with Crippen molar-refractivity contribution in [2.24, 2.45) is 35.5 Å². The summed E-state index contributed by atoms with van der Waals surface area (Å²) in [5, 5.41) is 0. The molecule has 24 heavy (non-hydrogen) atoms. The zero-order chi connectivity index (χ0) is 18.0. The van der Waals surface area contributed by atoms with Crippen molar-refractivity contribution in [3.8, 4) is 0 Å². The maximum atomic E-state index is 12.3. The van der Waals surface area contributed by atoms with E-state index in [2.05, 4.69) is 0 Å². The van der Waals surface area contributed by atoms with Crippen molar-refractivity contribution in [2.75, 3.05) is 28.4 Å². The average Bonchev–Trinajstić information content (AvgIpc) is 2.64. The Morgan fingerprint density at radius 2 is 0.750 bits per heavy atom. The number of methoxy groups -OCH3 is 4. The monoisotopic (exact) mass is 340 g/mol. The fourth-order valence-corrected chi connectivity index (χ4v) is 3.90. The van der Waals surface area contributed by atoms with Crippen molar-refractivity contribution in [3.05, 3.63) is 12.2 Å². The minimum atomic E-state index is -0.928. The lowest BCUT2D eigenvalue weighted by atomic mass is 9.53. The molecule has 0 saturated heterocycles. The predicted octanol–water partition coefficient (Wildman–Crippen LogP) is -0.0410. The molecule has 0 aromatic rings. The second kappa shape index (κ2) is 7.02. The van der Waals surface area contributed by atoms with Crippen molar-refractivity contribution >= 4 is 23.9 Å². The maximum absolute atomic E-state index is 12.3. The van der Waals surface area contributed by atoms with Gasteiger partial charge in [0.15, 0.2) is 0 Å². The van der Waals surface area contributed by atoms with Gasteiger partial charge in [0.05, 0.1) is 52.1 Å². The van der Waals surface area contributed by atoms with E-state index < -0.39 is 59.4 Å². The van der Waals surface area contributed by atoms with E-state index in [1.165, 1.54) is 28.4 Å². The van der Waals surface area contributed by atoms with Crippen molar-refractivity contribution in [1.82, 2.24) is 0 Å². The smallest absolute Gasteiger partial charge is 0.310 e. The van der Waals surface area contributed by atoms with E-state index in [-0.39, 0.29) is 0 Å². The first-order valence-electron chi connectivity index (χ1n) is 7.42. The van der Waals surface area contributed by atoms with Gasteiger partial charge >= 0.3 is 23.9 Å². The molecule has 0 amide bonds. The Morgan fingerprint density at radius 1 is 0.542 bits per heavy atom. The quantitative estimate of drug-likeness (QED) is 0.399. The third kappa shape index (κ3) is 2.65. The summed E-state index contributed by atoms with van der Waals surface area (Å²) in [6.07, 6.45) is 3.32. The molecule has 8 nitrogen and oxygen atoms in total. The molecule has 132 valence electrons. The summed E-state index contributed by atoms with van der Waals surface area (Å²) in [5.74, 6) is -7.70. The summed E-state index contributed by atoms with van der Waals surface area (Å²) in [6.45, 7) is 0. The van der Waals surface area contributed by atoms with Gasteiger partial charge in [-0.1, -0.05) is 12.2 Å². The SMILES string of the molecule is COC(=O)[C@@H]1C2C=CC([C@@H](C(=O)OC)[C@H]2C(=O)OC)[C@@H]1C(=O)OC. The number of fused-ring (bicyclic) bond motifs is 2. The zero-order valence-corrected chi connectivity index (χ0v) is 13.9. The molecule has 0 aromatic carbocycles. The van der Waals surface area contributed by atoms with E-state index in [0.717, 1.165) is 0 Å². The molecule has 3 aliphatic rings. The molecule has 1 saturated carbocycles. The Balaban J connectivity index is 2.56. The number of ether oxygens (including phenoxy) is 4. The van der Waals surface area contributed by atoms with Crippen molar-refractivity contribution in [2.45, 2.75) is 0 Å². The molecule has 8 heteroatoms. The first kappa shape index (κ1) is 18.0. The number of allylic oxidation sites excluding steroid dienone is 2. The topological polar surface area (TPSA) is 105 Å². The Kier molecular flexibility index (Phi) is 5.26. The summed E-state index contributed by atoms with van der Waals surface area (Å²) in [7, 11) is 4.81. The van der Waals surface area contributed by atoms with Crippen molar-refractivity contribution in [3.63, 3.8) is 0 Å². The third-order valence-electron chi connectivity index (χ3n) is 4.88. The molecule has 3 aliphatic carbocycles. The summed E-state index contributed by atoms with van der Waals surface area (Å²) >= 11 is 0. The van der Waals surface area contributed by atoms with E-state index >= 15 is 0 Å². The van der Waals surface area contributed by atoms with E-state index in [9.17, 15) is 19.2 Å². The van der Waals surface area contributed by atoms with E-state index in [1.807, 2.05) is 0 Å². The molecule has 0 N–H and O–H groups in total. The second-order valence-electron chi connectivity index (χ2n) is 5.74. The summed E-state index contributed by atoms with van der Waals surface area (Å²) in [5.41, 5.74) is 0. The molecule has 0 radical (unpaired) electrons. The lowest BCUT2D eigenvalue weighted by Crippen LogP contribution is -2.58. The Bertz CT molecular complexity index is 487. The highest BCUT2D eigenvalue weighted by Crippen LogP contribution is 2.52. The van der Waals surface area contributed by atoms with Gasteiger partial charge in [-0.15, -0.1) is 0 Å². The summed E-state index contributed by atoms with van der Waals surface area (Å²) < 4.78 is 19.2. The number of carbonyl (C=O) groups excluding carboxylic acids is 4. The van der Waals surface area contributed by atoms with E-state index in [0.29, 0.717) is 0 Å². The van der Waals surface area contributed by atoms with Gasteiger partial charge in [-0.3, -0.25) is 19.2 Å². The molecule has 3 rings (SSSR count). The fourth-order valence-electron chi connectivity index (χ4n) is 3.90. The first-order chi connectivity index (χ1) is 11.4. The van der Waals surface area contributed by atoms with Crippen molar-refractivity contribution < 1.29 is 38.1 Å². The highest BCUT2D eigenvalue weighted by atomic mass is 16.5. The number of hydrogen-bond donors (Lipinski definition) is 0. The standard InChI is InChI=1S/C16H20O8/c1-21-13(17)9-7-5-6-8(10(9)14(18)22-2)12(16(20)24-4)11(7)15(19)23-3/h5-12H,1-4H3/t7?,8?,9-,10+,11+,12-. The molecular weight excluding hydrogens is 320 g/mol. The van der Waals surface area contributed by atoms with Crippen molar-refractivity contribution in [1.29, 1.82) is 0 Å². The van der Waals surface area contributed by atoms with Crippen LogP contribution in [0.2, 0.25) is 0 Å². The van der Waals surface area contributed by atoms with Gasteiger partial charge in [0.25, 0.3) is 0 Å². The predicted molar refractivity (Wildman–Crippen MR) is 78.1 cm³/mol. The average molecular weight is 340 g/mol. The van der Waals surface area contributed by atoms with Crippen LogP contribution in [-0.4, -0.2) is 52.3 Å². The van der Waals surface area contributed by atoms with Gasteiger partial charge in [0, 0.05) is 11.8 Å². The number of carbonyl (C=O) groups is 4.